The number of carbonyl (C=O) groups excluding carboxylic acids is 1. The van der Waals surface area contributed by atoms with Crippen LogP contribution < -0.4 is 4.74 Å². The van der Waals surface area contributed by atoms with E-state index in [9.17, 15) is 13.2 Å². The minimum atomic E-state index is -3.07. The number of nitrogens with zero attached hydrogens (tertiary/aromatic N) is 2. The fraction of sp³-hybridized carbons (Fsp3) is 0.333. The van der Waals surface area contributed by atoms with Crippen LogP contribution in [0.4, 0.5) is 0 Å². The molecule has 0 spiro atoms. The number of carbonyl (C=O) groups is 1. The smallest absolute Gasteiger partial charge is 0.252 e. The highest BCUT2D eigenvalue weighted by molar-refractivity contribution is 8.15. The van der Waals surface area contributed by atoms with Crippen molar-refractivity contribution in [2.24, 2.45) is 4.99 Å². The summed E-state index contributed by atoms with van der Waals surface area (Å²) in [6.07, 6.45) is 0.228. The van der Waals surface area contributed by atoms with Gasteiger partial charge in [-0.15, -0.1) is 0 Å². The molecule has 2 aromatic carbocycles. The van der Waals surface area contributed by atoms with Crippen LogP contribution in [0, 0.1) is 0 Å². The van der Waals surface area contributed by atoms with Gasteiger partial charge in [0.05, 0.1) is 31.1 Å². The molecule has 0 N–H and O–H groups in total. The van der Waals surface area contributed by atoms with Crippen LogP contribution in [0.5, 0.6) is 5.75 Å². The second-order valence-electron chi connectivity index (χ2n) is 7.23. The first-order valence-electron chi connectivity index (χ1n) is 9.35. The molecular weight excluding hydrogens is 408 g/mol. The summed E-state index contributed by atoms with van der Waals surface area (Å²) in [5, 5.41) is 0.521. The highest BCUT2D eigenvalue weighted by Gasteiger charge is 2.48. The zero-order chi connectivity index (χ0) is 20.4. The van der Waals surface area contributed by atoms with Gasteiger partial charge < -0.3 is 9.64 Å². The third kappa shape index (κ3) is 4.64. The van der Waals surface area contributed by atoms with Crippen molar-refractivity contribution in [3.05, 3.63) is 65.7 Å². The number of rotatable bonds is 5. The van der Waals surface area contributed by atoms with Gasteiger partial charge in [-0.05, 0) is 23.3 Å². The van der Waals surface area contributed by atoms with E-state index < -0.39 is 9.84 Å². The van der Waals surface area contributed by atoms with Gasteiger partial charge in [0.25, 0.3) is 5.91 Å². The van der Waals surface area contributed by atoms with E-state index in [1.54, 1.807) is 7.11 Å². The Balaban J connectivity index is 1.58. The number of aliphatic imine (C=N–C) groups is 1. The summed E-state index contributed by atoms with van der Waals surface area (Å²) in [4.78, 5) is 18.9. The molecule has 0 aromatic heterocycles. The van der Waals surface area contributed by atoms with Crippen LogP contribution in [0.15, 0.2) is 59.6 Å². The lowest BCUT2D eigenvalue weighted by molar-refractivity contribution is -0.117. The average Bonchev–Trinajstić information content (AvgIpc) is 3.15. The Hall–Kier alpha value is -2.32. The summed E-state index contributed by atoms with van der Waals surface area (Å²) in [5.74, 6) is 0.740. The molecule has 2 aliphatic heterocycles. The number of amidine groups is 1. The molecule has 1 amide bonds. The van der Waals surface area contributed by atoms with Crippen molar-refractivity contribution < 1.29 is 17.9 Å². The molecule has 0 aliphatic carbocycles. The highest BCUT2D eigenvalue weighted by Crippen LogP contribution is 2.39. The Labute approximate surface area is 174 Å². The minimum Gasteiger partial charge on any atom is -0.497 e. The third-order valence-electron chi connectivity index (χ3n) is 5.08. The van der Waals surface area contributed by atoms with Crippen molar-refractivity contribution in [3.63, 3.8) is 0 Å². The Kier molecular flexibility index (Phi) is 5.65. The highest BCUT2D eigenvalue weighted by atomic mass is 32.2. The number of amides is 1. The number of hydrogen-bond donors (Lipinski definition) is 0. The predicted molar refractivity (Wildman–Crippen MR) is 115 cm³/mol. The maximum atomic E-state index is 12.5. The Morgan fingerprint density at radius 3 is 2.66 bits per heavy atom. The van der Waals surface area contributed by atoms with Crippen molar-refractivity contribution in [1.29, 1.82) is 0 Å². The molecule has 2 aromatic rings. The molecule has 2 aliphatic rings. The van der Waals surface area contributed by atoms with Gasteiger partial charge >= 0.3 is 0 Å². The summed E-state index contributed by atoms with van der Waals surface area (Å²) in [7, 11) is -1.46. The van der Waals surface area contributed by atoms with Crippen molar-refractivity contribution in [3.8, 4) is 5.75 Å². The van der Waals surface area contributed by atoms with E-state index in [0.717, 1.165) is 16.9 Å². The summed E-state index contributed by atoms with van der Waals surface area (Å²) in [6, 6.07) is 17.0. The summed E-state index contributed by atoms with van der Waals surface area (Å²) in [5.41, 5.74) is 1.89. The molecule has 4 rings (SSSR count). The van der Waals surface area contributed by atoms with Gasteiger partial charge in [-0.2, -0.15) is 4.99 Å². The normalized spacial score (nSPS) is 23.9. The van der Waals surface area contributed by atoms with Crippen molar-refractivity contribution in [2.45, 2.75) is 24.3 Å². The zero-order valence-electron chi connectivity index (χ0n) is 16.0. The second kappa shape index (κ2) is 8.20. The monoisotopic (exact) mass is 430 g/mol. The topological polar surface area (TPSA) is 76.0 Å². The molecule has 29 heavy (non-hydrogen) atoms. The molecule has 6 nitrogen and oxygen atoms in total. The quantitative estimate of drug-likeness (QED) is 0.726. The third-order valence-corrected chi connectivity index (χ3v) is 8.33. The number of hydrogen-bond acceptors (Lipinski definition) is 5. The lowest BCUT2D eigenvalue weighted by atomic mass is 10.1. The lowest BCUT2D eigenvalue weighted by Gasteiger charge is -2.24. The van der Waals surface area contributed by atoms with Crippen molar-refractivity contribution >= 4 is 32.7 Å². The van der Waals surface area contributed by atoms with Gasteiger partial charge in [-0.25, -0.2) is 8.42 Å². The molecule has 0 saturated carbocycles. The number of thioether (sulfide) groups is 1. The average molecular weight is 431 g/mol. The largest absolute Gasteiger partial charge is 0.497 e. The number of fused-ring (bicyclic) bond motifs is 1. The number of ether oxygens (including phenoxy) is 1. The van der Waals surface area contributed by atoms with Gasteiger partial charge in [0.15, 0.2) is 15.0 Å². The van der Waals surface area contributed by atoms with Gasteiger partial charge in [0, 0.05) is 11.8 Å². The molecule has 0 bridgehead atoms. The molecule has 2 saturated heterocycles. The van der Waals surface area contributed by atoms with Gasteiger partial charge in [0.1, 0.15) is 5.75 Å². The van der Waals surface area contributed by atoms with Gasteiger partial charge in [-0.1, -0.05) is 54.2 Å². The van der Waals surface area contributed by atoms with Crippen LogP contribution in [-0.2, 0) is 27.6 Å². The summed E-state index contributed by atoms with van der Waals surface area (Å²) < 4.78 is 29.6. The van der Waals surface area contributed by atoms with Crippen LogP contribution in [-0.4, -0.2) is 54.3 Å². The molecule has 0 radical (unpaired) electrons. The second-order valence-corrected chi connectivity index (χ2v) is 10.6. The molecule has 0 unspecified atom stereocenters. The first-order valence-corrected chi connectivity index (χ1v) is 12.1. The van der Waals surface area contributed by atoms with E-state index in [1.807, 2.05) is 59.5 Å². The molecule has 2 atom stereocenters. The van der Waals surface area contributed by atoms with Crippen molar-refractivity contribution in [2.75, 3.05) is 18.6 Å². The summed E-state index contributed by atoms with van der Waals surface area (Å²) >= 11 is 1.40. The van der Waals surface area contributed by atoms with Crippen molar-refractivity contribution in [1.82, 2.24) is 4.90 Å². The first kappa shape index (κ1) is 20.0. The molecule has 152 valence electrons. The molecule has 2 heterocycles. The zero-order valence-corrected chi connectivity index (χ0v) is 17.7. The Morgan fingerprint density at radius 1 is 1.14 bits per heavy atom. The minimum absolute atomic E-state index is 0.0890. The van der Waals surface area contributed by atoms with E-state index in [0.29, 0.717) is 11.7 Å². The van der Waals surface area contributed by atoms with E-state index >= 15 is 0 Å². The van der Waals surface area contributed by atoms with Crippen LogP contribution in [0.2, 0.25) is 0 Å². The first-order chi connectivity index (χ1) is 13.9. The van der Waals surface area contributed by atoms with Crippen LogP contribution >= 0.6 is 11.8 Å². The molecule has 8 heteroatoms. The maximum Gasteiger partial charge on any atom is 0.252 e. The predicted octanol–water partition coefficient (Wildman–Crippen LogP) is 2.53. The van der Waals surface area contributed by atoms with Crippen LogP contribution in [0.1, 0.15) is 11.1 Å². The fourth-order valence-electron chi connectivity index (χ4n) is 3.70. The van der Waals surface area contributed by atoms with E-state index in [4.69, 9.17) is 4.74 Å². The standard InChI is InChI=1S/C21H22N2O4S2/c1-27-17-9-5-8-16(10-17)12-23-18-13-29(25,26)14-19(18)28-21(23)22-20(24)11-15-6-3-2-4-7-15/h2-10,18-19H,11-14H2,1H3/t18-,19+/m1/s1. The Bertz CT molecular complexity index is 1040. The number of methoxy groups -OCH3 is 1. The molecule has 2 fully saturated rings. The fourth-order valence-corrected chi connectivity index (χ4v) is 7.67. The van der Waals surface area contributed by atoms with E-state index in [1.165, 1.54) is 11.8 Å². The van der Waals surface area contributed by atoms with Crippen LogP contribution in [0.25, 0.3) is 0 Å². The van der Waals surface area contributed by atoms with E-state index in [-0.39, 0.29) is 35.1 Å². The summed E-state index contributed by atoms with van der Waals surface area (Å²) in [6.45, 7) is 0.484. The van der Waals surface area contributed by atoms with Gasteiger partial charge in [-0.3, -0.25) is 4.79 Å². The van der Waals surface area contributed by atoms with Gasteiger partial charge in [0.2, 0.25) is 0 Å². The molecular formula is C21H22N2O4S2. The van der Waals surface area contributed by atoms with E-state index in [2.05, 4.69) is 4.99 Å². The van der Waals surface area contributed by atoms with Crippen LogP contribution in [0.3, 0.4) is 0 Å². The maximum absolute atomic E-state index is 12.5. The lowest BCUT2D eigenvalue weighted by Crippen LogP contribution is -2.37. The Morgan fingerprint density at radius 2 is 1.90 bits per heavy atom. The number of sulfone groups is 1. The number of benzene rings is 2. The SMILES string of the molecule is COc1cccc(CN2C(=NC(=O)Cc3ccccc3)S[C@H]3CS(=O)(=O)C[C@H]32)c1.